The van der Waals surface area contributed by atoms with Gasteiger partial charge in [0.05, 0.1) is 0 Å². The van der Waals surface area contributed by atoms with Gasteiger partial charge in [-0.2, -0.15) is 10.2 Å². The second kappa shape index (κ2) is 15.8. The van der Waals surface area contributed by atoms with Gasteiger partial charge in [0.15, 0.2) is 0 Å². The zero-order valence-corrected chi connectivity index (χ0v) is 13.1. The van der Waals surface area contributed by atoms with Crippen LogP contribution >= 0.6 is 0 Å². The molecule has 0 atom stereocenters. The van der Waals surface area contributed by atoms with Crippen LogP contribution in [0.1, 0.15) is 0 Å². The van der Waals surface area contributed by atoms with Crippen LogP contribution < -0.4 is 0 Å². The van der Waals surface area contributed by atoms with Crippen LogP contribution in [-0.2, 0) is 0 Å². The Morgan fingerprint density at radius 2 is 0.708 bits per heavy atom. The Kier molecular flexibility index (Phi) is 12.2. The first-order valence-corrected chi connectivity index (χ1v) is 7.12. The van der Waals surface area contributed by atoms with Crippen molar-refractivity contribution in [3.05, 3.63) is 110 Å². The molecule has 0 amide bonds. The van der Waals surface area contributed by atoms with E-state index in [4.69, 9.17) is 0 Å². The predicted molar refractivity (Wildman–Crippen MR) is 92.5 cm³/mol. The predicted octanol–water partition coefficient (Wildman–Crippen LogP) is 3.12. The summed E-state index contributed by atoms with van der Waals surface area (Å²) >= 11 is 0. The number of benzene rings is 1. The molecule has 0 saturated carbocycles. The van der Waals surface area contributed by atoms with Gasteiger partial charge in [-0.05, 0) is 18.2 Å². The number of rotatable bonds is 0. The SMILES string of the molecule is c1ccccc1.c1ccnnc1.c1cnccn1.c1cncnc1. The fourth-order valence-corrected chi connectivity index (χ4v) is 1.14. The summed E-state index contributed by atoms with van der Waals surface area (Å²) in [5.74, 6) is 0. The van der Waals surface area contributed by atoms with E-state index in [0.717, 1.165) is 0 Å². The summed E-state index contributed by atoms with van der Waals surface area (Å²) in [5.41, 5.74) is 0. The molecule has 0 bridgehead atoms. The van der Waals surface area contributed by atoms with E-state index in [0.29, 0.717) is 0 Å². The van der Waals surface area contributed by atoms with E-state index in [1.54, 1.807) is 55.6 Å². The van der Waals surface area contributed by atoms with E-state index < -0.39 is 0 Å². The molecule has 6 heteroatoms. The number of hydrogen-bond donors (Lipinski definition) is 0. The zero-order chi connectivity index (χ0) is 17.0. The molecule has 0 radical (unpaired) electrons. The third-order valence-corrected chi connectivity index (χ3v) is 2.11. The first-order chi connectivity index (χ1) is 12.0. The summed E-state index contributed by atoms with van der Waals surface area (Å²) in [4.78, 5) is 14.8. The van der Waals surface area contributed by atoms with Gasteiger partial charge in [-0.25, -0.2) is 9.97 Å². The van der Waals surface area contributed by atoms with E-state index in [1.165, 1.54) is 6.33 Å². The molecule has 0 saturated heterocycles. The van der Waals surface area contributed by atoms with Gasteiger partial charge in [-0.15, -0.1) is 0 Å². The highest BCUT2D eigenvalue weighted by Gasteiger charge is 1.60. The Morgan fingerprint density at radius 3 is 0.875 bits per heavy atom. The van der Waals surface area contributed by atoms with Crippen LogP contribution in [-0.4, -0.2) is 30.1 Å². The lowest BCUT2D eigenvalue weighted by Gasteiger charge is -1.70. The standard InChI is InChI=1S/C6H6.3C4H4N2/c1-2-4-6-5-3-1;1-2-6-4-3-5-1;1-2-5-4-6-3-1;1-2-4-6-5-3-1/h1-6H;3*1-4H. The topological polar surface area (TPSA) is 77.3 Å². The van der Waals surface area contributed by atoms with E-state index in [-0.39, 0.29) is 0 Å². The Balaban J connectivity index is 0.000000160. The normalized spacial score (nSPS) is 8.00. The molecule has 0 aliphatic carbocycles. The van der Waals surface area contributed by atoms with Crippen LogP contribution in [0.4, 0.5) is 0 Å². The lowest BCUT2D eigenvalue weighted by molar-refractivity contribution is 1.03. The molecular weight excluding hydrogens is 300 g/mol. The molecule has 0 N–H and O–H groups in total. The van der Waals surface area contributed by atoms with Crippen molar-refractivity contribution in [3.63, 3.8) is 0 Å². The molecule has 0 fully saturated rings. The van der Waals surface area contributed by atoms with E-state index in [2.05, 4.69) is 30.1 Å². The van der Waals surface area contributed by atoms with Crippen LogP contribution in [0, 0.1) is 0 Å². The monoisotopic (exact) mass is 318 g/mol. The smallest absolute Gasteiger partial charge is 0.115 e. The summed E-state index contributed by atoms with van der Waals surface area (Å²) in [7, 11) is 0. The van der Waals surface area contributed by atoms with Crippen molar-refractivity contribution in [2.75, 3.05) is 0 Å². The molecule has 3 aromatic heterocycles. The van der Waals surface area contributed by atoms with Crippen LogP contribution in [0.3, 0.4) is 0 Å². The van der Waals surface area contributed by atoms with Crippen molar-refractivity contribution in [1.29, 1.82) is 0 Å². The zero-order valence-electron chi connectivity index (χ0n) is 13.1. The third kappa shape index (κ3) is 13.4. The molecule has 4 aromatic rings. The highest BCUT2D eigenvalue weighted by molar-refractivity contribution is 4.99. The summed E-state index contributed by atoms with van der Waals surface area (Å²) in [5, 5.41) is 7.07. The quantitative estimate of drug-likeness (QED) is 0.496. The second-order valence-corrected chi connectivity index (χ2v) is 3.87. The van der Waals surface area contributed by atoms with Crippen LogP contribution in [0.5, 0.6) is 0 Å². The molecule has 3 heterocycles. The lowest BCUT2D eigenvalue weighted by atomic mass is 10.4. The summed E-state index contributed by atoms with van der Waals surface area (Å²) in [6, 6.07) is 17.4. The Bertz CT molecular complexity index is 433. The van der Waals surface area contributed by atoms with Gasteiger partial charge in [0.25, 0.3) is 0 Å². The summed E-state index contributed by atoms with van der Waals surface area (Å²) in [6.45, 7) is 0. The van der Waals surface area contributed by atoms with Crippen LogP contribution in [0.25, 0.3) is 0 Å². The van der Waals surface area contributed by atoms with Crippen molar-refractivity contribution in [3.8, 4) is 0 Å². The number of nitrogens with zero attached hydrogens (tertiary/aromatic N) is 6. The molecule has 6 nitrogen and oxygen atoms in total. The highest BCUT2D eigenvalue weighted by atomic mass is 15.1. The molecule has 4 rings (SSSR count). The van der Waals surface area contributed by atoms with Gasteiger partial charge in [-0.1, -0.05) is 36.4 Å². The van der Waals surface area contributed by atoms with Crippen LogP contribution in [0.15, 0.2) is 110 Å². The van der Waals surface area contributed by atoms with Gasteiger partial charge in [0.1, 0.15) is 6.33 Å². The average molecular weight is 318 g/mol. The van der Waals surface area contributed by atoms with Crippen molar-refractivity contribution in [2.24, 2.45) is 0 Å². The van der Waals surface area contributed by atoms with Crippen molar-refractivity contribution in [2.45, 2.75) is 0 Å². The van der Waals surface area contributed by atoms with Gasteiger partial charge in [0.2, 0.25) is 0 Å². The highest BCUT2D eigenvalue weighted by Crippen LogP contribution is 1.79. The first-order valence-electron chi connectivity index (χ1n) is 7.12. The molecule has 0 unspecified atom stereocenters. The molecule has 0 aliphatic rings. The van der Waals surface area contributed by atoms with E-state index in [9.17, 15) is 0 Å². The Labute approximate surface area is 141 Å². The minimum absolute atomic E-state index is 1.50. The Morgan fingerprint density at radius 1 is 0.292 bits per heavy atom. The molecule has 120 valence electrons. The molecule has 0 spiro atoms. The minimum Gasteiger partial charge on any atom is -0.262 e. The van der Waals surface area contributed by atoms with Crippen LogP contribution in [0.2, 0.25) is 0 Å². The van der Waals surface area contributed by atoms with E-state index in [1.807, 2.05) is 48.5 Å². The third-order valence-electron chi connectivity index (χ3n) is 2.11. The molecule has 24 heavy (non-hydrogen) atoms. The minimum atomic E-state index is 1.50. The van der Waals surface area contributed by atoms with E-state index >= 15 is 0 Å². The van der Waals surface area contributed by atoms with Gasteiger partial charge >= 0.3 is 0 Å². The van der Waals surface area contributed by atoms with Crippen molar-refractivity contribution < 1.29 is 0 Å². The van der Waals surface area contributed by atoms with Gasteiger partial charge < -0.3 is 0 Å². The maximum absolute atomic E-state index is 3.72. The van der Waals surface area contributed by atoms with Gasteiger partial charge in [0, 0.05) is 49.6 Å². The number of aromatic nitrogens is 6. The van der Waals surface area contributed by atoms with Gasteiger partial charge in [-0.3, -0.25) is 9.97 Å². The average Bonchev–Trinajstić information content (AvgIpc) is 2.75. The fourth-order valence-electron chi connectivity index (χ4n) is 1.14. The number of hydrogen-bond acceptors (Lipinski definition) is 6. The Hall–Kier alpha value is -3.54. The summed E-state index contributed by atoms with van der Waals surface area (Å²) in [6.07, 6.45) is 14.7. The maximum atomic E-state index is 3.72. The molecule has 0 aliphatic heterocycles. The van der Waals surface area contributed by atoms with Crippen molar-refractivity contribution in [1.82, 2.24) is 30.1 Å². The lowest BCUT2D eigenvalue weighted by Crippen LogP contribution is -1.69. The van der Waals surface area contributed by atoms with Crippen molar-refractivity contribution >= 4 is 0 Å². The second-order valence-electron chi connectivity index (χ2n) is 3.87. The largest absolute Gasteiger partial charge is 0.262 e. The summed E-state index contributed by atoms with van der Waals surface area (Å²) < 4.78 is 0. The molecule has 1 aromatic carbocycles. The first kappa shape index (κ1) is 18.5. The fraction of sp³-hybridized carbons (Fsp3) is 0. The molecular formula is C18H18N6. The maximum Gasteiger partial charge on any atom is 0.115 e.